The molecule has 0 atom stereocenters. The van der Waals surface area contributed by atoms with Crippen LogP contribution in [0.3, 0.4) is 0 Å². The Balaban J connectivity index is 2.26. The number of rotatable bonds is 4. The zero-order chi connectivity index (χ0) is 13.8. The molecule has 0 bridgehead atoms. The van der Waals surface area contributed by atoms with Gasteiger partial charge >= 0.3 is 0 Å². The lowest BCUT2D eigenvalue weighted by atomic mass is 10.3. The number of nitrogens with zero attached hydrogens (tertiary/aromatic N) is 2. The maximum Gasteiger partial charge on any atom is 0.224 e. The van der Waals surface area contributed by atoms with E-state index in [0.717, 1.165) is 17.8 Å². The smallest absolute Gasteiger partial charge is 0.224 e. The van der Waals surface area contributed by atoms with E-state index in [2.05, 4.69) is 36.5 Å². The summed E-state index contributed by atoms with van der Waals surface area (Å²) in [5.74, 6) is 0.972. The molecular weight excluding hydrogens is 311 g/mol. The molecule has 0 saturated heterocycles. The molecular formula is C13H14BrFN4. The third-order valence-electron chi connectivity index (χ3n) is 2.49. The highest BCUT2D eigenvalue weighted by Crippen LogP contribution is 2.24. The fraction of sp³-hybridized carbons (Fsp3) is 0.231. The molecule has 2 N–H and O–H groups in total. The molecule has 0 unspecified atom stereocenters. The summed E-state index contributed by atoms with van der Waals surface area (Å²) in [6, 6.07) is 4.73. The van der Waals surface area contributed by atoms with Gasteiger partial charge in [-0.15, -0.1) is 0 Å². The molecule has 0 fully saturated rings. The van der Waals surface area contributed by atoms with Gasteiger partial charge in [-0.3, -0.25) is 0 Å². The van der Waals surface area contributed by atoms with Crippen LogP contribution in [0.4, 0.5) is 21.8 Å². The minimum Gasteiger partial charge on any atom is -0.354 e. The van der Waals surface area contributed by atoms with E-state index < -0.39 is 0 Å². The molecule has 6 heteroatoms. The van der Waals surface area contributed by atoms with Crippen LogP contribution in [0.2, 0.25) is 0 Å². The number of hydrogen-bond donors (Lipinski definition) is 2. The van der Waals surface area contributed by atoms with Crippen molar-refractivity contribution in [2.75, 3.05) is 17.2 Å². The van der Waals surface area contributed by atoms with Gasteiger partial charge in [0.05, 0.1) is 4.47 Å². The average molecular weight is 325 g/mol. The van der Waals surface area contributed by atoms with Crippen LogP contribution in [0, 0.1) is 12.7 Å². The summed E-state index contributed by atoms with van der Waals surface area (Å²) in [6.45, 7) is 4.65. The van der Waals surface area contributed by atoms with Crippen molar-refractivity contribution >= 4 is 33.4 Å². The van der Waals surface area contributed by atoms with Gasteiger partial charge in [-0.05, 0) is 48.0 Å². The Morgan fingerprint density at radius 3 is 2.84 bits per heavy atom. The zero-order valence-corrected chi connectivity index (χ0v) is 12.3. The monoisotopic (exact) mass is 324 g/mol. The van der Waals surface area contributed by atoms with Gasteiger partial charge in [0.2, 0.25) is 5.95 Å². The molecule has 2 rings (SSSR count). The summed E-state index contributed by atoms with van der Waals surface area (Å²) in [5, 5.41) is 6.20. The van der Waals surface area contributed by atoms with E-state index in [-0.39, 0.29) is 5.82 Å². The van der Waals surface area contributed by atoms with Crippen LogP contribution in [0.5, 0.6) is 0 Å². The highest BCUT2D eigenvalue weighted by molar-refractivity contribution is 9.10. The molecule has 0 aliphatic rings. The van der Waals surface area contributed by atoms with Gasteiger partial charge < -0.3 is 10.6 Å². The molecule has 0 aliphatic carbocycles. The van der Waals surface area contributed by atoms with Gasteiger partial charge in [0.15, 0.2) is 0 Å². The number of aromatic nitrogens is 2. The average Bonchev–Trinajstić information content (AvgIpc) is 2.38. The number of anilines is 3. The molecule has 0 aliphatic heterocycles. The molecule has 0 spiro atoms. The van der Waals surface area contributed by atoms with Crippen LogP contribution >= 0.6 is 15.9 Å². The number of halogens is 2. The van der Waals surface area contributed by atoms with Crippen molar-refractivity contribution in [1.82, 2.24) is 9.97 Å². The number of nitrogens with one attached hydrogen (secondary N) is 2. The lowest BCUT2D eigenvalue weighted by Crippen LogP contribution is -2.05. The Morgan fingerprint density at radius 1 is 1.37 bits per heavy atom. The van der Waals surface area contributed by atoms with Crippen molar-refractivity contribution in [2.45, 2.75) is 13.8 Å². The third-order valence-corrected chi connectivity index (χ3v) is 3.10. The Bertz CT molecular complexity index is 589. The van der Waals surface area contributed by atoms with Crippen LogP contribution in [-0.4, -0.2) is 16.5 Å². The van der Waals surface area contributed by atoms with E-state index in [1.54, 1.807) is 18.3 Å². The molecule has 0 saturated carbocycles. The normalized spacial score (nSPS) is 10.3. The third kappa shape index (κ3) is 3.41. The summed E-state index contributed by atoms with van der Waals surface area (Å²) in [5.41, 5.74) is 1.68. The molecule has 4 nitrogen and oxygen atoms in total. The van der Waals surface area contributed by atoms with Gasteiger partial charge in [0.1, 0.15) is 11.6 Å². The van der Waals surface area contributed by atoms with Crippen LogP contribution in [-0.2, 0) is 0 Å². The van der Waals surface area contributed by atoms with Crippen LogP contribution < -0.4 is 10.6 Å². The molecule has 0 radical (unpaired) electrons. The first-order valence-electron chi connectivity index (χ1n) is 5.89. The topological polar surface area (TPSA) is 49.8 Å². The lowest BCUT2D eigenvalue weighted by molar-refractivity contribution is 0.621. The molecule has 1 aromatic heterocycles. The summed E-state index contributed by atoms with van der Waals surface area (Å²) < 4.78 is 13.6. The maximum atomic E-state index is 13.2. The second kappa shape index (κ2) is 5.97. The first-order valence-corrected chi connectivity index (χ1v) is 6.69. The fourth-order valence-electron chi connectivity index (χ4n) is 1.52. The minimum absolute atomic E-state index is 0.293. The largest absolute Gasteiger partial charge is 0.354 e. The summed E-state index contributed by atoms with van der Waals surface area (Å²) in [7, 11) is 0. The van der Waals surface area contributed by atoms with E-state index in [0.29, 0.717) is 16.2 Å². The quantitative estimate of drug-likeness (QED) is 0.896. The molecule has 1 heterocycles. The van der Waals surface area contributed by atoms with Crippen molar-refractivity contribution in [2.24, 2.45) is 0 Å². The highest BCUT2D eigenvalue weighted by atomic mass is 79.9. The highest BCUT2D eigenvalue weighted by Gasteiger charge is 2.05. The van der Waals surface area contributed by atoms with Crippen molar-refractivity contribution in [1.29, 1.82) is 0 Å². The lowest BCUT2D eigenvalue weighted by Gasteiger charge is -2.10. The van der Waals surface area contributed by atoms with E-state index in [9.17, 15) is 4.39 Å². The molecule has 0 amide bonds. The number of aryl methyl sites for hydroxylation is 1. The summed E-state index contributed by atoms with van der Waals surface area (Å²) >= 11 is 3.16. The van der Waals surface area contributed by atoms with Gasteiger partial charge in [-0.2, -0.15) is 4.98 Å². The first kappa shape index (κ1) is 13.7. The van der Waals surface area contributed by atoms with Gasteiger partial charge in [-0.1, -0.05) is 0 Å². The standard InChI is InChI=1S/C13H14BrFN4/c1-3-16-13-17-7-8(2)12(19-13)18-9-4-5-11(15)10(14)6-9/h4-7H,3H2,1-2H3,(H2,16,17,18,19). The van der Waals surface area contributed by atoms with Crippen molar-refractivity contribution in [3.8, 4) is 0 Å². The second-order valence-electron chi connectivity index (χ2n) is 4.01. The Morgan fingerprint density at radius 2 is 2.16 bits per heavy atom. The summed E-state index contributed by atoms with van der Waals surface area (Å²) in [4.78, 5) is 8.54. The van der Waals surface area contributed by atoms with Crippen LogP contribution in [0.25, 0.3) is 0 Å². The van der Waals surface area contributed by atoms with Crippen LogP contribution in [0.15, 0.2) is 28.9 Å². The molecule has 1 aromatic carbocycles. The SMILES string of the molecule is CCNc1ncc(C)c(Nc2ccc(F)c(Br)c2)n1. The van der Waals surface area contributed by atoms with E-state index in [1.165, 1.54) is 6.07 Å². The Hall–Kier alpha value is -1.69. The van der Waals surface area contributed by atoms with Crippen molar-refractivity contribution in [3.63, 3.8) is 0 Å². The number of hydrogen-bond acceptors (Lipinski definition) is 4. The second-order valence-corrected chi connectivity index (χ2v) is 4.86. The number of benzene rings is 1. The van der Waals surface area contributed by atoms with Gasteiger partial charge in [0, 0.05) is 24.0 Å². The van der Waals surface area contributed by atoms with E-state index in [1.807, 2.05) is 13.8 Å². The van der Waals surface area contributed by atoms with Crippen molar-refractivity contribution < 1.29 is 4.39 Å². The van der Waals surface area contributed by atoms with Gasteiger partial charge in [0.25, 0.3) is 0 Å². The van der Waals surface area contributed by atoms with E-state index >= 15 is 0 Å². The van der Waals surface area contributed by atoms with Gasteiger partial charge in [-0.25, -0.2) is 9.37 Å². The Kier molecular flexibility index (Phi) is 4.31. The fourth-order valence-corrected chi connectivity index (χ4v) is 1.90. The first-order chi connectivity index (χ1) is 9.10. The van der Waals surface area contributed by atoms with Crippen molar-refractivity contribution in [3.05, 3.63) is 40.2 Å². The predicted molar refractivity (Wildman–Crippen MR) is 78.3 cm³/mol. The minimum atomic E-state index is -0.293. The van der Waals surface area contributed by atoms with E-state index in [4.69, 9.17) is 0 Å². The Labute approximate surface area is 119 Å². The molecule has 19 heavy (non-hydrogen) atoms. The summed E-state index contributed by atoms with van der Waals surface area (Å²) in [6.07, 6.45) is 1.74. The van der Waals surface area contributed by atoms with Crippen LogP contribution in [0.1, 0.15) is 12.5 Å². The predicted octanol–water partition coefficient (Wildman–Crippen LogP) is 3.86. The maximum absolute atomic E-state index is 13.2. The molecule has 100 valence electrons. The zero-order valence-electron chi connectivity index (χ0n) is 10.7. The molecule has 2 aromatic rings.